The summed E-state index contributed by atoms with van der Waals surface area (Å²) in [5.74, 6) is -0.920. The maximum Gasteiger partial charge on any atom is 0.422 e. The Morgan fingerprint density at radius 3 is 2.57 bits per heavy atom. The molecule has 1 aliphatic rings. The quantitative estimate of drug-likeness (QED) is 0.487. The average Bonchev–Trinajstić information content (AvgIpc) is 2.82. The Morgan fingerprint density at radius 1 is 1.16 bits per heavy atom. The van der Waals surface area contributed by atoms with Crippen molar-refractivity contribution in [3.63, 3.8) is 0 Å². The number of aromatic nitrogens is 2. The fourth-order valence-electron chi connectivity index (χ4n) is 3.59. The number of rotatable bonds is 10. The summed E-state index contributed by atoms with van der Waals surface area (Å²) in [4.78, 5) is 34.9. The maximum atomic E-state index is 13.1. The molecule has 0 saturated carbocycles. The zero-order chi connectivity index (χ0) is 27.0. The molecule has 0 radical (unpaired) electrons. The number of nitrogens with one attached hydrogen (secondary N) is 2. The van der Waals surface area contributed by atoms with Crippen LogP contribution in [0.5, 0.6) is 11.8 Å². The Kier molecular flexibility index (Phi) is 9.64. The van der Waals surface area contributed by atoms with Crippen LogP contribution in [0.25, 0.3) is 0 Å². The van der Waals surface area contributed by atoms with E-state index in [1.54, 1.807) is 26.0 Å². The van der Waals surface area contributed by atoms with Crippen molar-refractivity contribution >= 4 is 17.6 Å². The summed E-state index contributed by atoms with van der Waals surface area (Å²) in [7, 11) is 0. The van der Waals surface area contributed by atoms with Crippen LogP contribution in [-0.2, 0) is 9.53 Å². The molecular formula is C24H30F3N5O5. The summed E-state index contributed by atoms with van der Waals surface area (Å²) in [6.07, 6.45) is -4.54. The molecule has 3 heterocycles. The highest BCUT2D eigenvalue weighted by Crippen LogP contribution is 2.24. The number of pyridine rings is 2. The molecule has 1 aliphatic heterocycles. The van der Waals surface area contributed by atoms with Gasteiger partial charge in [-0.3, -0.25) is 14.5 Å². The molecule has 1 atom stereocenters. The number of alkyl halides is 3. The summed E-state index contributed by atoms with van der Waals surface area (Å²) in [6.45, 7) is 6.69. The first-order valence-corrected chi connectivity index (χ1v) is 11.7. The molecule has 202 valence electrons. The maximum absolute atomic E-state index is 13.1. The molecule has 2 aromatic heterocycles. The molecule has 10 nitrogen and oxygen atoms in total. The highest BCUT2D eigenvalue weighted by atomic mass is 19.4. The number of hydrogen-bond acceptors (Lipinski definition) is 8. The highest BCUT2D eigenvalue weighted by Gasteiger charge is 2.29. The number of carbonyl (C=O) groups excluding carboxylic acids is 2. The van der Waals surface area contributed by atoms with Crippen molar-refractivity contribution in [3.8, 4) is 11.8 Å². The van der Waals surface area contributed by atoms with Gasteiger partial charge in [-0.2, -0.15) is 18.2 Å². The van der Waals surface area contributed by atoms with E-state index in [0.29, 0.717) is 36.8 Å². The van der Waals surface area contributed by atoms with Gasteiger partial charge in [0.1, 0.15) is 18.0 Å². The third-order valence-corrected chi connectivity index (χ3v) is 5.34. The first-order valence-electron chi connectivity index (χ1n) is 11.7. The number of halogens is 3. The number of hydrogen-bond donors (Lipinski definition) is 2. The highest BCUT2D eigenvalue weighted by molar-refractivity contribution is 5.96. The molecule has 2 amide bonds. The molecule has 2 N–H and O–H groups in total. The topological polar surface area (TPSA) is 115 Å². The van der Waals surface area contributed by atoms with Crippen LogP contribution in [0.2, 0.25) is 0 Å². The van der Waals surface area contributed by atoms with E-state index < -0.39 is 24.7 Å². The predicted octanol–water partition coefficient (Wildman–Crippen LogP) is 2.89. The third-order valence-electron chi connectivity index (χ3n) is 5.34. The first-order chi connectivity index (χ1) is 17.5. The number of morpholine rings is 1. The van der Waals surface area contributed by atoms with Crippen molar-refractivity contribution in [3.05, 3.63) is 41.1 Å². The molecule has 0 aliphatic carbocycles. The van der Waals surface area contributed by atoms with E-state index in [-0.39, 0.29) is 29.8 Å². The number of carbonyl (C=O) groups is 2. The molecule has 13 heteroatoms. The molecule has 3 rings (SSSR count). The molecule has 0 aromatic carbocycles. The van der Waals surface area contributed by atoms with Crippen molar-refractivity contribution in [1.29, 1.82) is 0 Å². The van der Waals surface area contributed by atoms with Gasteiger partial charge in [-0.05, 0) is 37.6 Å². The second-order valence-electron chi connectivity index (χ2n) is 8.51. The average molecular weight is 526 g/mol. The van der Waals surface area contributed by atoms with Gasteiger partial charge in [-0.25, -0.2) is 4.98 Å². The molecule has 1 saturated heterocycles. The third kappa shape index (κ3) is 9.17. The van der Waals surface area contributed by atoms with Crippen LogP contribution in [0.4, 0.5) is 19.0 Å². The van der Waals surface area contributed by atoms with Gasteiger partial charge in [0.15, 0.2) is 6.61 Å². The SMILES string of the molecule is CC(=O)Nc1cc(C(C)NC(=O)c2ccc(OCC(F)(F)F)nc2OCCN2CCOCC2)cc(C)n1. The summed E-state index contributed by atoms with van der Waals surface area (Å²) in [6, 6.07) is 5.41. The molecule has 0 bridgehead atoms. The molecule has 2 aromatic rings. The van der Waals surface area contributed by atoms with Crippen molar-refractivity contribution in [2.75, 3.05) is 51.4 Å². The molecular weight excluding hydrogens is 495 g/mol. The minimum Gasteiger partial charge on any atom is -0.476 e. The molecule has 0 spiro atoms. The lowest BCUT2D eigenvalue weighted by molar-refractivity contribution is -0.154. The smallest absolute Gasteiger partial charge is 0.422 e. The van der Waals surface area contributed by atoms with Crippen LogP contribution in [0.1, 0.15) is 41.5 Å². The van der Waals surface area contributed by atoms with Crippen LogP contribution in [0.15, 0.2) is 24.3 Å². The van der Waals surface area contributed by atoms with E-state index in [1.165, 1.54) is 19.1 Å². The summed E-state index contributed by atoms with van der Waals surface area (Å²) in [5.41, 5.74) is 1.38. The Bertz CT molecular complexity index is 1090. The summed E-state index contributed by atoms with van der Waals surface area (Å²) < 4.78 is 53.6. The van der Waals surface area contributed by atoms with Gasteiger partial charge in [0.05, 0.1) is 19.3 Å². The predicted molar refractivity (Wildman–Crippen MR) is 128 cm³/mol. The van der Waals surface area contributed by atoms with Crippen molar-refractivity contribution in [2.24, 2.45) is 0 Å². The standard InChI is InChI=1S/C24H30F3N5O5/c1-15-12-18(13-20(28-15)30-17(3)33)16(2)29-22(34)19-4-5-21(37-14-24(25,26)27)31-23(19)36-11-8-32-6-9-35-10-7-32/h4-5,12-13,16H,6-11,14H2,1-3H3,(H,29,34)(H,28,30,33). The van der Waals surface area contributed by atoms with Gasteiger partial charge >= 0.3 is 6.18 Å². The minimum absolute atomic E-state index is 0.0426. The Labute approximate surface area is 212 Å². The number of nitrogens with zero attached hydrogens (tertiary/aromatic N) is 3. The van der Waals surface area contributed by atoms with Crippen molar-refractivity contribution < 1.29 is 37.0 Å². The van der Waals surface area contributed by atoms with Crippen LogP contribution < -0.4 is 20.1 Å². The minimum atomic E-state index is -4.54. The van der Waals surface area contributed by atoms with E-state index in [4.69, 9.17) is 14.2 Å². The van der Waals surface area contributed by atoms with E-state index in [9.17, 15) is 22.8 Å². The van der Waals surface area contributed by atoms with E-state index >= 15 is 0 Å². The van der Waals surface area contributed by atoms with Crippen molar-refractivity contribution in [2.45, 2.75) is 33.0 Å². The van der Waals surface area contributed by atoms with Crippen molar-refractivity contribution in [1.82, 2.24) is 20.2 Å². The first kappa shape index (κ1) is 28.1. The van der Waals surface area contributed by atoms with Gasteiger partial charge in [0.2, 0.25) is 17.7 Å². The number of ether oxygens (including phenoxy) is 3. The largest absolute Gasteiger partial charge is 0.476 e. The second-order valence-corrected chi connectivity index (χ2v) is 8.51. The Morgan fingerprint density at radius 2 is 1.89 bits per heavy atom. The number of anilines is 1. The Hall–Kier alpha value is -3.45. The molecule has 1 unspecified atom stereocenters. The van der Waals surface area contributed by atoms with E-state index in [0.717, 1.165) is 13.1 Å². The van der Waals surface area contributed by atoms with Gasteiger partial charge in [0.25, 0.3) is 5.91 Å². The van der Waals surface area contributed by atoms with Gasteiger partial charge in [-0.15, -0.1) is 0 Å². The molecule has 37 heavy (non-hydrogen) atoms. The molecule has 1 fully saturated rings. The number of aryl methyl sites for hydroxylation is 1. The lowest BCUT2D eigenvalue weighted by atomic mass is 10.1. The Balaban J connectivity index is 1.75. The number of amides is 2. The lowest BCUT2D eigenvalue weighted by Crippen LogP contribution is -2.38. The van der Waals surface area contributed by atoms with Gasteiger partial charge in [0, 0.05) is 38.3 Å². The fourth-order valence-corrected chi connectivity index (χ4v) is 3.59. The van der Waals surface area contributed by atoms with Crippen LogP contribution in [0, 0.1) is 6.92 Å². The fraction of sp³-hybridized carbons (Fsp3) is 0.500. The van der Waals surface area contributed by atoms with Gasteiger partial charge in [-0.1, -0.05) is 0 Å². The lowest BCUT2D eigenvalue weighted by Gasteiger charge is -2.26. The van der Waals surface area contributed by atoms with E-state index in [1.807, 2.05) is 0 Å². The van der Waals surface area contributed by atoms with Crippen LogP contribution >= 0.6 is 0 Å². The van der Waals surface area contributed by atoms with Crippen LogP contribution in [0.3, 0.4) is 0 Å². The normalized spacial score (nSPS) is 15.1. The van der Waals surface area contributed by atoms with Crippen LogP contribution in [-0.4, -0.2) is 78.9 Å². The van der Waals surface area contributed by atoms with Gasteiger partial charge < -0.3 is 24.8 Å². The van der Waals surface area contributed by atoms with E-state index in [2.05, 4.69) is 25.5 Å². The zero-order valence-corrected chi connectivity index (χ0v) is 20.9. The second kappa shape index (κ2) is 12.7. The summed E-state index contributed by atoms with van der Waals surface area (Å²) in [5, 5.41) is 5.44. The zero-order valence-electron chi connectivity index (χ0n) is 20.9. The monoisotopic (exact) mass is 525 g/mol. The summed E-state index contributed by atoms with van der Waals surface area (Å²) >= 11 is 0.